The number of carbonyl (C=O) groups excluding carboxylic acids is 1. The molecule has 0 saturated heterocycles. The Hall–Kier alpha value is -3.33. The molecule has 8 nitrogen and oxygen atoms in total. The molecule has 25 heavy (non-hydrogen) atoms. The maximum absolute atomic E-state index is 12.4. The molecule has 0 aliphatic rings. The summed E-state index contributed by atoms with van der Waals surface area (Å²) in [6.45, 7) is 0.0116. The van der Waals surface area contributed by atoms with Gasteiger partial charge < -0.3 is 9.15 Å². The van der Waals surface area contributed by atoms with E-state index in [2.05, 4.69) is 20.5 Å². The molecule has 0 fully saturated rings. The first-order valence-corrected chi connectivity index (χ1v) is 8.17. The Balaban J connectivity index is 1.48. The third-order valence-corrected chi connectivity index (χ3v) is 4.21. The number of rotatable bonds is 5. The number of tetrazole rings is 1. The van der Waals surface area contributed by atoms with Gasteiger partial charge in [0, 0.05) is 0 Å². The zero-order chi connectivity index (χ0) is 17.1. The average molecular weight is 353 g/mol. The first-order chi connectivity index (χ1) is 12.3. The predicted octanol–water partition coefficient (Wildman–Crippen LogP) is 2.74. The normalized spacial score (nSPS) is 10.7. The highest BCUT2D eigenvalue weighted by atomic mass is 32.1. The quantitative estimate of drug-likeness (QED) is 0.509. The van der Waals surface area contributed by atoms with Crippen molar-refractivity contribution in [2.45, 2.75) is 6.61 Å². The second-order valence-corrected chi connectivity index (χ2v) is 5.92. The smallest absolute Gasteiger partial charge is 0.340 e. The molecule has 0 saturated carbocycles. The fraction of sp³-hybridized carbons (Fsp3) is 0.0625. The molecule has 0 atom stereocenters. The highest BCUT2D eigenvalue weighted by Crippen LogP contribution is 2.24. The maximum Gasteiger partial charge on any atom is 0.340 e. The van der Waals surface area contributed by atoms with E-state index in [0.717, 1.165) is 4.88 Å². The number of para-hydroxylation sites is 1. The fourth-order valence-electron chi connectivity index (χ4n) is 2.22. The van der Waals surface area contributed by atoms with Crippen LogP contribution >= 0.6 is 11.3 Å². The molecule has 4 aromatic rings. The minimum atomic E-state index is -0.494. The van der Waals surface area contributed by atoms with Crippen LogP contribution < -0.4 is 0 Å². The summed E-state index contributed by atoms with van der Waals surface area (Å²) in [7, 11) is 0. The summed E-state index contributed by atoms with van der Waals surface area (Å²) in [5.74, 6) is 0.0157. The van der Waals surface area contributed by atoms with Crippen molar-refractivity contribution in [2.75, 3.05) is 0 Å². The van der Waals surface area contributed by atoms with Gasteiger partial charge in [-0.15, -0.1) is 16.4 Å². The van der Waals surface area contributed by atoms with Crippen molar-refractivity contribution in [3.05, 3.63) is 65.6 Å². The molecule has 0 radical (unpaired) electrons. The van der Waals surface area contributed by atoms with E-state index in [4.69, 9.17) is 9.15 Å². The van der Waals surface area contributed by atoms with Gasteiger partial charge in [0.1, 0.15) is 24.9 Å². The van der Waals surface area contributed by atoms with E-state index >= 15 is 0 Å². The summed E-state index contributed by atoms with van der Waals surface area (Å²) >= 11 is 1.53. The van der Waals surface area contributed by atoms with Crippen LogP contribution in [0.5, 0.6) is 0 Å². The van der Waals surface area contributed by atoms with Crippen LogP contribution in [0, 0.1) is 0 Å². The molecule has 0 N–H and O–H groups in total. The Kier molecular flexibility index (Phi) is 4.05. The lowest BCUT2D eigenvalue weighted by Gasteiger charge is -2.07. The Bertz CT molecular complexity index is 979. The molecule has 3 aromatic heterocycles. The van der Waals surface area contributed by atoms with Crippen LogP contribution in [-0.2, 0) is 11.3 Å². The Labute approximate surface area is 145 Å². The van der Waals surface area contributed by atoms with Crippen LogP contribution in [0.1, 0.15) is 16.1 Å². The minimum absolute atomic E-state index is 0.0116. The molecule has 3 heterocycles. The van der Waals surface area contributed by atoms with Crippen molar-refractivity contribution in [3.8, 4) is 16.5 Å². The molecule has 0 spiro atoms. The van der Waals surface area contributed by atoms with Gasteiger partial charge in [0.05, 0.1) is 16.1 Å². The molecule has 9 heteroatoms. The molecule has 4 rings (SSSR count). The number of carbonyl (C=O) groups is 1. The standard InChI is InChI=1S/C16H11N5O3S/c22-16(12-4-1-2-5-13(12)21-10-17-19-20-21)24-9-11-8-23-15(18-11)14-6-3-7-25-14/h1-8,10H,9H2. The SMILES string of the molecule is O=C(OCc1coc(-c2cccs2)n1)c1ccccc1-n1cnnn1. The molecule has 0 aliphatic heterocycles. The van der Waals surface area contributed by atoms with Crippen molar-refractivity contribution in [1.82, 2.24) is 25.2 Å². The topological polar surface area (TPSA) is 95.9 Å². The minimum Gasteiger partial charge on any atom is -0.455 e. The second-order valence-electron chi connectivity index (χ2n) is 4.97. The maximum atomic E-state index is 12.4. The van der Waals surface area contributed by atoms with E-state index in [9.17, 15) is 4.79 Å². The molecular weight excluding hydrogens is 342 g/mol. The summed E-state index contributed by atoms with van der Waals surface area (Å²) in [6.07, 6.45) is 2.90. The summed E-state index contributed by atoms with van der Waals surface area (Å²) in [4.78, 5) is 17.6. The van der Waals surface area contributed by atoms with Gasteiger partial charge in [0.15, 0.2) is 0 Å². The molecule has 124 valence electrons. The predicted molar refractivity (Wildman–Crippen MR) is 88.1 cm³/mol. The van der Waals surface area contributed by atoms with Crippen LogP contribution in [0.4, 0.5) is 0 Å². The second kappa shape index (κ2) is 6.65. The molecule has 0 unspecified atom stereocenters. The summed E-state index contributed by atoms with van der Waals surface area (Å²) in [6, 6.07) is 10.7. The Morgan fingerprint density at radius 1 is 1.24 bits per heavy atom. The fourth-order valence-corrected chi connectivity index (χ4v) is 2.88. The number of aromatic nitrogens is 5. The molecular formula is C16H11N5O3S. The van der Waals surface area contributed by atoms with E-state index in [1.54, 1.807) is 24.3 Å². The summed E-state index contributed by atoms with van der Waals surface area (Å²) < 4.78 is 12.2. The molecule has 0 bridgehead atoms. The first kappa shape index (κ1) is 15.2. The number of nitrogens with zero attached hydrogens (tertiary/aromatic N) is 5. The van der Waals surface area contributed by atoms with Crippen LogP contribution in [0.2, 0.25) is 0 Å². The third kappa shape index (κ3) is 3.17. The van der Waals surface area contributed by atoms with Crippen molar-refractivity contribution >= 4 is 17.3 Å². The van der Waals surface area contributed by atoms with Crippen LogP contribution in [0.3, 0.4) is 0 Å². The van der Waals surface area contributed by atoms with Crippen LogP contribution in [0.15, 0.2) is 58.8 Å². The lowest BCUT2D eigenvalue weighted by molar-refractivity contribution is 0.0467. The van der Waals surface area contributed by atoms with E-state index in [0.29, 0.717) is 22.8 Å². The van der Waals surface area contributed by atoms with Gasteiger partial charge >= 0.3 is 5.97 Å². The largest absolute Gasteiger partial charge is 0.455 e. The monoisotopic (exact) mass is 353 g/mol. The number of thiophene rings is 1. The van der Waals surface area contributed by atoms with E-state index in [1.165, 1.54) is 28.6 Å². The van der Waals surface area contributed by atoms with Crippen molar-refractivity contribution in [3.63, 3.8) is 0 Å². The zero-order valence-corrected chi connectivity index (χ0v) is 13.6. The third-order valence-electron chi connectivity index (χ3n) is 3.35. The van der Waals surface area contributed by atoms with Gasteiger partial charge in [0.25, 0.3) is 0 Å². The first-order valence-electron chi connectivity index (χ1n) is 7.29. The number of esters is 1. The number of hydrogen-bond donors (Lipinski definition) is 0. The summed E-state index contributed by atoms with van der Waals surface area (Å²) in [5, 5.41) is 12.9. The highest BCUT2D eigenvalue weighted by molar-refractivity contribution is 7.13. The molecule has 0 aliphatic carbocycles. The number of ether oxygens (including phenoxy) is 1. The van der Waals surface area contributed by atoms with Crippen molar-refractivity contribution < 1.29 is 13.9 Å². The Morgan fingerprint density at radius 3 is 2.96 bits per heavy atom. The van der Waals surface area contributed by atoms with Gasteiger partial charge in [0.2, 0.25) is 5.89 Å². The van der Waals surface area contributed by atoms with Crippen molar-refractivity contribution in [2.24, 2.45) is 0 Å². The van der Waals surface area contributed by atoms with Crippen LogP contribution in [0.25, 0.3) is 16.5 Å². The average Bonchev–Trinajstić information content (AvgIpc) is 3.41. The highest BCUT2D eigenvalue weighted by Gasteiger charge is 2.16. The van der Waals surface area contributed by atoms with E-state index in [1.807, 2.05) is 17.5 Å². The summed E-state index contributed by atoms with van der Waals surface area (Å²) in [5.41, 5.74) is 1.44. The van der Waals surface area contributed by atoms with Gasteiger partial charge in [-0.25, -0.2) is 9.78 Å². The van der Waals surface area contributed by atoms with Gasteiger partial charge in [-0.2, -0.15) is 4.68 Å². The number of hydrogen-bond acceptors (Lipinski definition) is 8. The van der Waals surface area contributed by atoms with Crippen molar-refractivity contribution in [1.29, 1.82) is 0 Å². The van der Waals surface area contributed by atoms with Gasteiger partial charge in [-0.1, -0.05) is 18.2 Å². The lowest BCUT2D eigenvalue weighted by Crippen LogP contribution is -2.10. The number of benzene rings is 1. The Morgan fingerprint density at radius 2 is 2.16 bits per heavy atom. The van der Waals surface area contributed by atoms with Gasteiger partial charge in [-0.05, 0) is 34.0 Å². The van der Waals surface area contributed by atoms with E-state index < -0.39 is 5.97 Å². The van der Waals surface area contributed by atoms with Crippen LogP contribution in [-0.4, -0.2) is 31.2 Å². The molecule has 0 amide bonds. The zero-order valence-electron chi connectivity index (χ0n) is 12.8. The lowest BCUT2D eigenvalue weighted by atomic mass is 10.2. The number of oxazole rings is 1. The van der Waals surface area contributed by atoms with Gasteiger partial charge in [-0.3, -0.25) is 0 Å². The van der Waals surface area contributed by atoms with E-state index in [-0.39, 0.29) is 6.61 Å². The molecule has 1 aromatic carbocycles.